The molecule has 0 aromatic heterocycles. The quantitative estimate of drug-likeness (QED) is 0.783. The fourth-order valence-electron chi connectivity index (χ4n) is 2.82. The van der Waals surface area contributed by atoms with Gasteiger partial charge in [-0.1, -0.05) is 61.5 Å². The Morgan fingerprint density at radius 3 is 2.47 bits per heavy atom. The summed E-state index contributed by atoms with van der Waals surface area (Å²) < 4.78 is 0. The van der Waals surface area contributed by atoms with Gasteiger partial charge >= 0.3 is 0 Å². The summed E-state index contributed by atoms with van der Waals surface area (Å²) >= 11 is 0. The predicted molar refractivity (Wildman–Crippen MR) is 71.0 cm³/mol. The topological polar surface area (TPSA) is 12.0 Å². The number of nitrogens with one attached hydrogen (secondary N) is 1. The summed E-state index contributed by atoms with van der Waals surface area (Å²) in [7, 11) is 0. The van der Waals surface area contributed by atoms with Gasteiger partial charge in [0.2, 0.25) is 0 Å². The first-order valence-corrected chi connectivity index (χ1v) is 6.15. The number of hydrogen-bond donors (Lipinski definition) is 1. The van der Waals surface area contributed by atoms with Crippen LogP contribution in [-0.4, -0.2) is 6.54 Å². The van der Waals surface area contributed by atoms with Crippen LogP contribution in [0.2, 0.25) is 0 Å². The summed E-state index contributed by atoms with van der Waals surface area (Å²) in [5.41, 5.74) is 4.37. The molecule has 17 heavy (non-hydrogen) atoms. The lowest BCUT2D eigenvalue weighted by atomic mass is 9.72. The molecule has 0 radical (unpaired) electrons. The largest absolute Gasteiger partial charge is 0.311 e. The smallest absolute Gasteiger partial charge is 0.0302 e. The van der Waals surface area contributed by atoms with Crippen LogP contribution in [0.15, 0.2) is 54.6 Å². The third-order valence-electron chi connectivity index (χ3n) is 3.82. The second-order valence-corrected chi connectivity index (χ2v) is 4.96. The molecule has 2 aromatic carbocycles. The van der Waals surface area contributed by atoms with Crippen LogP contribution >= 0.6 is 0 Å². The van der Waals surface area contributed by atoms with E-state index in [0.29, 0.717) is 0 Å². The minimum Gasteiger partial charge on any atom is -0.311 e. The van der Waals surface area contributed by atoms with Crippen LogP contribution in [0.25, 0.3) is 0 Å². The molecule has 1 nitrogen and oxygen atoms in total. The lowest BCUT2D eigenvalue weighted by Gasteiger charge is -2.37. The van der Waals surface area contributed by atoms with Crippen LogP contribution in [0.3, 0.4) is 0 Å². The van der Waals surface area contributed by atoms with Crippen LogP contribution in [0.5, 0.6) is 0 Å². The molecule has 0 amide bonds. The Morgan fingerprint density at radius 1 is 0.941 bits per heavy atom. The molecule has 1 heteroatoms. The Bertz CT molecular complexity index is 518. The van der Waals surface area contributed by atoms with Crippen molar-refractivity contribution in [2.45, 2.75) is 18.9 Å². The maximum atomic E-state index is 3.53. The van der Waals surface area contributed by atoms with Gasteiger partial charge in [0.25, 0.3) is 0 Å². The monoisotopic (exact) mass is 223 g/mol. The lowest BCUT2D eigenvalue weighted by molar-refractivity contribution is 0.465. The summed E-state index contributed by atoms with van der Waals surface area (Å²) in [5, 5.41) is 3.53. The third-order valence-corrected chi connectivity index (χ3v) is 3.82. The van der Waals surface area contributed by atoms with Crippen LogP contribution in [0, 0.1) is 0 Å². The van der Waals surface area contributed by atoms with Crippen molar-refractivity contribution in [3.63, 3.8) is 0 Å². The van der Waals surface area contributed by atoms with Crippen molar-refractivity contribution in [3.05, 3.63) is 71.3 Å². The predicted octanol–water partition coefficient (Wildman–Crippen LogP) is 3.10. The maximum absolute atomic E-state index is 3.53. The molecule has 1 aliphatic heterocycles. The lowest BCUT2D eigenvalue weighted by Crippen LogP contribution is -2.41. The van der Waals surface area contributed by atoms with Gasteiger partial charge in [-0.15, -0.1) is 0 Å². The number of rotatable bonds is 1. The minimum atomic E-state index is 0.0934. The second kappa shape index (κ2) is 4.01. The molecule has 86 valence electrons. The van der Waals surface area contributed by atoms with Crippen molar-refractivity contribution in [2.24, 2.45) is 0 Å². The Hall–Kier alpha value is -1.60. The van der Waals surface area contributed by atoms with Gasteiger partial charge in [0.05, 0.1) is 0 Å². The van der Waals surface area contributed by atoms with E-state index >= 15 is 0 Å². The van der Waals surface area contributed by atoms with E-state index in [1.165, 1.54) is 16.7 Å². The third kappa shape index (κ3) is 1.67. The highest BCUT2D eigenvalue weighted by atomic mass is 14.9. The van der Waals surface area contributed by atoms with Crippen molar-refractivity contribution >= 4 is 0 Å². The van der Waals surface area contributed by atoms with E-state index in [4.69, 9.17) is 0 Å². The van der Waals surface area contributed by atoms with E-state index in [1.54, 1.807) is 0 Å². The van der Waals surface area contributed by atoms with E-state index in [0.717, 1.165) is 13.1 Å². The molecule has 1 heterocycles. The highest BCUT2D eigenvalue weighted by Crippen LogP contribution is 2.35. The zero-order chi connectivity index (χ0) is 11.7. The van der Waals surface area contributed by atoms with Crippen molar-refractivity contribution in [2.75, 3.05) is 6.54 Å². The normalized spacial score (nSPS) is 23.1. The Morgan fingerprint density at radius 2 is 1.65 bits per heavy atom. The van der Waals surface area contributed by atoms with Crippen molar-refractivity contribution < 1.29 is 0 Å². The van der Waals surface area contributed by atoms with Crippen LogP contribution in [0.4, 0.5) is 0 Å². The fourth-order valence-corrected chi connectivity index (χ4v) is 2.82. The van der Waals surface area contributed by atoms with Crippen LogP contribution in [0.1, 0.15) is 23.6 Å². The first-order valence-electron chi connectivity index (χ1n) is 6.15. The summed E-state index contributed by atoms with van der Waals surface area (Å²) in [6, 6.07) is 19.5. The van der Waals surface area contributed by atoms with E-state index < -0.39 is 0 Å². The Balaban J connectivity index is 2.16. The molecule has 2 aromatic rings. The first-order chi connectivity index (χ1) is 8.31. The van der Waals surface area contributed by atoms with Gasteiger partial charge in [-0.3, -0.25) is 0 Å². The summed E-state index contributed by atoms with van der Waals surface area (Å²) in [6.07, 6.45) is 0. The molecular weight excluding hydrogens is 206 g/mol. The molecule has 1 N–H and O–H groups in total. The van der Waals surface area contributed by atoms with Gasteiger partial charge in [-0.2, -0.15) is 0 Å². The molecule has 0 saturated carbocycles. The zero-order valence-corrected chi connectivity index (χ0v) is 10.1. The Labute approximate surface area is 102 Å². The summed E-state index contributed by atoms with van der Waals surface area (Å²) in [6.45, 7) is 4.32. The van der Waals surface area contributed by atoms with Gasteiger partial charge in [0.1, 0.15) is 0 Å². The average Bonchev–Trinajstić information content (AvgIpc) is 2.40. The van der Waals surface area contributed by atoms with Gasteiger partial charge in [-0.05, 0) is 16.7 Å². The van der Waals surface area contributed by atoms with Crippen LogP contribution in [-0.2, 0) is 12.0 Å². The van der Waals surface area contributed by atoms with E-state index in [2.05, 4.69) is 66.8 Å². The van der Waals surface area contributed by atoms with Crippen molar-refractivity contribution in [1.29, 1.82) is 0 Å². The van der Waals surface area contributed by atoms with Crippen LogP contribution < -0.4 is 5.32 Å². The SMILES string of the molecule is CC1(c2ccccc2)CNCc2ccccc21. The van der Waals surface area contributed by atoms with Gasteiger partial charge in [0.15, 0.2) is 0 Å². The van der Waals surface area contributed by atoms with Gasteiger partial charge < -0.3 is 5.32 Å². The molecule has 0 fully saturated rings. The number of benzene rings is 2. The summed E-state index contributed by atoms with van der Waals surface area (Å²) in [4.78, 5) is 0. The molecule has 0 saturated heterocycles. The molecule has 1 unspecified atom stereocenters. The van der Waals surface area contributed by atoms with Crippen molar-refractivity contribution in [1.82, 2.24) is 5.32 Å². The van der Waals surface area contributed by atoms with E-state index in [1.807, 2.05) is 0 Å². The first kappa shape index (κ1) is 10.5. The fraction of sp³-hybridized carbons (Fsp3) is 0.250. The van der Waals surface area contributed by atoms with Gasteiger partial charge in [0, 0.05) is 18.5 Å². The second-order valence-electron chi connectivity index (χ2n) is 4.96. The molecular formula is C16H17N. The molecule has 1 aliphatic rings. The molecule has 0 aliphatic carbocycles. The Kier molecular flexibility index (Phi) is 2.49. The summed E-state index contributed by atoms with van der Waals surface area (Å²) in [5.74, 6) is 0. The van der Waals surface area contributed by atoms with E-state index in [-0.39, 0.29) is 5.41 Å². The number of hydrogen-bond acceptors (Lipinski definition) is 1. The maximum Gasteiger partial charge on any atom is 0.0302 e. The molecule has 0 spiro atoms. The zero-order valence-electron chi connectivity index (χ0n) is 10.1. The molecule has 0 bridgehead atoms. The van der Waals surface area contributed by atoms with E-state index in [9.17, 15) is 0 Å². The average molecular weight is 223 g/mol. The molecule has 1 atom stereocenters. The highest BCUT2D eigenvalue weighted by Gasteiger charge is 2.32. The van der Waals surface area contributed by atoms with Crippen molar-refractivity contribution in [3.8, 4) is 0 Å². The standard InChI is InChI=1S/C16H17N/c1-16(14-8-3-2-4-9-14)12-17-11-13-7-5-6-10-15(13)16/h2-10,17H,11-12H2,1H3. The molecule has 3 rings (SSSR count). The minimum absolute atomic E-state index is 0.0934. The highest BCUT2D eigenvalue weighted by molar-refractivity contribution is 5.45. The number of fused-ring (bicyclic) bond motifs is 1. The van der Waals surface area contributed by atoms with Gasteiger partial charge in [-0.25, -0.2) is 0 Å².